The van der Waals surface area contributed by atoms with Crippen molar-refractivity contribution in [3.8, 4) is 0 Å². The lowest BCUT2D eigenvalue weighted by atomic mass is 9.88. The van der Waals surface area contributed by atoms with E-state index in [1.165, 1.54) is 37.7 Å². The highest BCUT2D eigenvalue weighted by atomic mass is 15.2. The average Bonchev–Trinajstić information content (AvgIpc) is 2.46. The molecule has 0 saturated heterocycles. The van der Waals surface area contributed by atoms with Gasteiger partial charge in [-0.3, -0.25) is 5.41 Å². The number of hydrogen-bond donors (Lipinski definition) is 1. The maximum absolute atomic E-state index is 8.42. The van der Waals surface area contributed by atoms with Gasteiger partial charge >= 0.3 is 0 Å². The third-order valence-corrected chi connectivity index (χ3v) is 3.93. The Kier molecular flexibility index (Phi) is 4.80. The van der Waals surface area contributed by atoms with Crippen LogP contribution in [0.5, 0.6) is 0 Å². The first-order chi connectivity index (χ1) is 8.81. The van der Waals surface area contributed by atoms with E-state index in [0.29, 0.717) is 5.92 Å². The molecule has 0 spiro atoms. The van der Waals surface area contributed by atoms with Gasteiger partial charge in [-0.2, -0.15) is 0 Å². The molecule has 0 aromatic heterocycles. The van der Waals surface area contributed by atoms with Crippen molar-refractivity contribution in [3.05, 3.63) is 35.9 Å². The first-order valence-corrected chi connectivity index (χ1v) is 7.18. The normalized spacial score (nSPS) is 16.5. The van der Waals surface area contributed by atoms with Crippen LogP contribution in [-0.2, 0) is 6.54 Å². The van der Waals surface area contributed by atoms with Crippen molar-refractivity contribution in [2.45, 2.75) is 45.6 Å². The van der Waals surface area contributed by atoms with E-state index in [-0.39, 0.29) is 0 Å². The maximum Gasteiger partial charge on any atom is 0.0992 e. The summed E-state index contributed by atoms with van der Waals surface area (Å²) >= 11 is 0. The Morgan fingerprint density at radius 1 is 1.17 bits per heavy atom. The second-order valence-corrected chi connectivity index (χ2v) is 5.22. The molecule has 1 N–H and O–H groups in total. The summed E-state index contributed by atoms with van der Waals surface area (Å²) in [6, 6.07) is 10.5. The van der Waals surface area contributed by atoms with Crippen molar-refractivity contribution < 1.29 is 0 Å². The fourth-order valence-corrected chi connectivity index (χ4v) is 2.81. The second kappa shape index (κ2) is 6.58. The molecule has 1 fully saturated rings. The van der Waals surface area contributed by atoms with Gasteiger partial charge in [0, 0.05) is 19.0 Å². The van der Waals surface area contributed by atoms with Gasteiger partial charge in [-0.1, -0.05) is 49.6 Å². The molecule has 0 heterocycles. The molecule has 0 bridgehead atoms. The lowest BCUT2D eigenvalue weighted by Crippen LogP contribution is -2.35. The molecule has 0 radical (unpaired) electrons. The number of amidine groups is 1. The highest BCUT2D eigenvalue weighted by molar-refractivity contribution is 5.81. The molecule has 2 rings (SSSR count). The van der Waals surface area contributed by atoms with Crippen molar-refractivity contribution in [3.63, 3.8) is 0 Å². The largest absolute Gasteiger partial charge is 0.356 e. The highest BCUT2D eigenvalue weighted by Gasteiger charge is 2.21. The van der Waals surface area contributed by atoms with Crippen molar-refractivity contribution in [1.29, 1.82) is 5.41 Å². The lowest BCUT2D eigenvalue weighted by molar-refractivity contribution is 0.357. The molecule has 0 aliphatic heterocycles. The molecule has 2 nitrogen and oxygen atoms in total. The van der Waals surface area contributed by atoms with E-state index in [1.807, 2.05) is 6.07 Å². The monoisotopic (exact) mass is 244 g/mol. The molecule has 0 atom stereocenters. The molecule has 1 aromatic carbocycles. The zero-order chi connectivity index (χ0) is 12.8. The number of hydrogen-bond acceptors (Lipinski definition) is 1. The first kappa shape index (κ1) is 13.1. The fraction of sp³-hybridized carbons (Fsp3) is 0.562. The summed E-state index contributed by atoms with van der Waals surface area (Å²) in [5.41, 5.74) is 1.31. The van der Waals surface area contributed by atoms with Crippen LogP contribution in [0.2, 0.25) is 0 Å². The summed E-state index contributed by atoms with van der Waals surface area (Å²) in [5, 5.41) is 8.42. The minimum Gasteiger partial charge on any atom is -0.356 e. The summed E-state index contributed by atoms with van der Waals surface area (Å²) in [6.07, 6.45) is 6.38. The van der Waals surface area contributed by atoms with Gasteiger partial charge in [-0.25, -0.2) is 0 Å². The first-order valence-electron chi connectivity index (χ1n) is 7.18. The SMILES string of the molecule is CCN(Cc1ccccc1)C(=N)C1CCCCC1. The van der Waals surface area contributed by atoms with Crippen LogP contribution in [0.3, 0.4) is 0 Å². The van der Waals surface area contributed by atoms with E-state index in [0.717, 1.165) is 18.9 Å². The number of rotatable bonds is 4. The Balaban J connectivity index is 1.97. The molecule has 98 valence electrons. The van der Waals surface area contributed by atoms with Gasteiger partial charge in [0.2, 0.25) is 0 Å². The number of nitrogens with zero attached hydrogens (tertiary/aromatic N) is 1. The van der Waals surface area contributed by atoms with E-state index in [2.05, 4.69) is 36.1 Å². The van der Waals surface area contributed by atoms with Crippen LogP contribution < -0.4 is 0 Å². The Morgan fingerprint density at radius 2 is 1.83 bits per heavy atom. The Labute approximate surface area is 111 Å². The van der Waals surface area contributed by atoms with Gasteiger partial charge in [-0.15, -0.1) is 0 Å². The molecule has 2 heteroatoms. The van der Waals surface area contributed by atoms with Crippen LogP contribution in [0, 0.1) is 11.3 Å². The maximum atomic E-state index is 8.42. The van der Waals surface area contributed by atoms with E-state index in [4.69, 9.17) is 5.41 Å². The van der Waals surface area contributed by atoms with Crippen molar-refractivity contribution in [2.24, 2.45) is 5.92 Å². The number of benzene rings is 1. The van der Waals surface area contributed by atoms with Crippen LogP contribution in [0.1, 0.15) is 44.6 Å². The van der Waals surface area contributed by atoms with Crippen LogP contribution in [0.15, 0.2) is 30.3 Å². The summed E-state index contributed by atoms with van der Waals surface area (Å²) < 4.78 is 0. The summed E-state index contributed by atoms with van der Waals surface area (Å²) in [4.78, 5) is 2.23. The molecule has 1 aromatic rings. The molecule has 1 aliphatic rings. The summed E-state index contributed by atoms with van der Waals surface area (Å²) in [7, 11) is 0. The topological polar surface area (TPSA) is 27.1 Å². The van der Waals surface area contributed by atoms with Crippen molar-refractivity contribution >= 4 is 5.84 Å². The van der Waals surface area contributed by atoms with E-state index in [1.54, 1.807) is 0 Å². The summed E-state index contributed by atoms with van der Waals surface area (Å²) in [6.45, 7) is 3.97. The predicted octanol–water partition coefficient (Wildman–Crippen LogP) is 4.07. The minimum atomic E-state index is 0.502. The molecule has 18 heavy (non-hydrogen) atoms. The third kappa shape index (κ3) is 3.34. The highest BCUT2D eigenvalue weighted by Crippen LogP contribution is 2.26. The molecule has 1 saturated carbocycles. The van der Waals surface area contributed by atoms with Gasteiger partial charge in [-0.05, 0) is 25.3 Å². The predicted molar refractivity (Wildman–Crippen MR) is 76.8 cm³/mol. The van der Waals surface area contributed by atoms with Crippen LogP contribution in [0.4, 0.5) is 0 Å². The lowest BCUT2D eigenvalue weighted by Gasteiger charge is -2.31. The fourth-order valence-electron chi connectivity index (χ4n) is 2.81. The quantitative estimate of drug-likeness (QED) is 0.627. The van der Waals surface area contributed by atoms with Gasteiger partial charge in [0.1, 0.15) is 0 Å². The van der Waals surface area contributed by atoms with Crippen molar-refractivity contribution in [1.82, 2.24) is 4.90 Å². The smallest absolute Gasteiger partial charge is 0.0992 e. The second-order valence-electron chi connectivity index (χ2n) is 5.22. The Bertz CT molecular complexity index is 366. The van der Waals surface area contributed by atoms with E-state index < -0.39 is 0 Å². The van der Waals surface area contributed by atoms with Gasteiger partial charge < -0.3 is 4.90 Å². The molecule has 0 amide bonds. The number of nitrogens with one attached hydrogen (secondary N) is 1. The van der Waals surface area contributed by atoms with Gasteiger partial charge in [0.05, 0.1) is 5.84 Å². The third-order valence-electron chi connectivity index (χ3n) is 3.93. The average molecular weight is 244 g/mol. The Hall–Kier alpha value is -1.31. The molecular weight excluding hydrogens is 220 g/mol. The molecular formula is C16H24N2. The minimum absolute atomic E-state index is 0.502. The molecule has 1 aliphatic carbocycles. The zero-order valence-corrected chi connectivity index (χ0v) is 11.4. The Morgan fingerprint density at radius 3 is 2.44 bits per heavy atom. The van der Waals surface area contributed by atoms with Crippen molar-refractivity contribution in [2.75, 3.05) is 6.54 Å². The van der Waals surface area contributed by atoms with E-state index >= 15 is 0 Å². The van der Waals surface area contributed by atoms with Crippen LogP contribution in [-0.4, -0.2) is 17.3 Å². The van der Waals surface area contributed by atoms with Gasteiger partial charge in [0.25, 0.3) is 0 Å². The summed E-state index contributed by atoms with van der Waals surface area (Å²) in [5.74, 6) is 1.36. The van der Waals surface area contributed by atoms with Gasteiger partial charge in [0.15, 0.2) is 0 Å². The van der Waals surface area contributed by atoms with Crippen LogP contribution >= 0.6 is 0 Å². The van der Waals surface area contributed by atoms with E-state index in [9.17, 15) is 0 Å². The molecule has 0 unspecified atom stereocenters. The van der Waals surface area contributed by atoms with Crippen LogP contribution in [0.25, 0.3) is 0 Å². The standard InChI is InChI=1S/C16H24N2/c1-2-18(13-14-9-5-3-6-10-14)16(17)15-11-7-4-8-12-15/h3,5-6,9-10,15,17H,2,4,7-8,11-13H2,1H3. The zero-order valence-electron chi connectivity index (χ0n) is 11.4.